The van der Waals surface area contributed by atoms with Gasteiger partial charge in [0.2, 0.25) is 5.91 Å². The Kier molecular flexibility index (Phi) is 4.98. The first-order chi connectivity index (χ1) is 9.54. The highest BCUT2D eigenvalue weighted by molar-refractivity contribution is 6.31. The van der Waals surface area contributed by atoms with Gasteiger partial charge in [-0.15, -0.1) is 0 Å². The Morgan fingerprint density at radius 2 is 2.20 bits per heavy atom. The maximum atomic E-state index is 11.8. The fourth-order valence-electron chi connectivity index (χ4n) is 2.17. The number of anilines is 1. The van der Waals surface area contributed by atoms with Gasteiger partial charge in [0.1, 0.15) is 0 Å². The molecule has 1 fully saturated rings. The molecule has 108 valence electrons. The summed E-state index contributed by atoms with van der Waals surface area (Å²) in [5.41, 5.74) is 0.444. The number of carboxylic acids is 1. The van der Waals surface area contributed by atoms with Crippen LogP contribution in [-0.2, 0) is 9.53 Å². The van der Waals surface area contributed by atoms with E-state index in [9.17, 15) is 9.59 Å². The minimum atomic E-state index is -1.08. The molecule has 1 amide bonds. The Balaban J connectivity index is 1.91. The topological polar surface area (TPSA) is 75.6 Å². The second-order valence-electron chi connectivity index (χ2n) is 4.76. The zero-order valence-corrected chi connectivity index (χ0v) is 11.7. The van der Waals surface area contributed by atoms with Gasteiger partial charge in [-0.1, -0.05) is 11.6 Å². The number of aromatic carboxylic acids is 1. The quantitative estimate of drug-likeness (QED) is 0.876. The standard InChI is InChI=1S/C14H16ClNO4/c15-10-6-9(14(18)19)7-11(8-10)16-13(17)4-3-12-2-1-5-20-12/h6-8,12H,1-5H2,(H,16,17)(H,18,19). The van der Waals surface area contributed by atoms with Crippen LogP contribution in [0.1, 0.15) is 36.0 Å². The molecular formula is C14H16ClNO4. The maximum absolute atomic E-state index is 11.8. The lowest BCUT2D eigenvalue weighted by Gasteiger charge is -2.10. The van der Waals surface area contributed by atoms with Gasteiger partial charge in [0, 0.05) is 23.7 Å². The van der Waals surface area contributed by atoms with Crippen LogP contribution in [0.3, 0.4) is 0 Å². The summed E-state index contributed by atoms with van der Waals surface area (Å²) in [7, 11) is 0. The van der Waals surface area contributed by atoms with Crippen molar-refractivity contribution in [1.82, 2.24) is 0 Å². The second-order valence-corrected chi connectivity index (χ2v) is 5.19. The molecule has 1 aromatic carbocycles. The van der Waals surface area contributed by atoms with Crippen LogP contribution in [0.2, 0.25) is 5.02 Å². The van der Waals surface area contributed by atoms with E-state index in [0.29, 0.717) is 18.5 Å². The lowest BCUT2D eigenvalue weighted by Crippen LogP contribution is -2.15. The van der Waals surface area contributed by atoms with Crippen molar-refractivity contribution in [3.63, 3.8) is 0 Å². The number of carbonyl (C=O) groups is 2. The first-order valence-electron chi connectivity index (χ1n) is 6.50. The predicted molar refractivity (Wildman–Crippen MR) is 75.2 cm³/mol. The van der Waals surface area contributed by atoms with E-state index < -0.39 is 5.97 Å². The Labute approximate surface area is 121 Å². The molecule has 20 heavy (non-hydrogen) atoms. The van der Waals surface area contributed by atoms with Crippen LogP contribution >= 0.6 is 11.6 Å². The number of carboxylic acid groups (broad SMARTS) is 1. The van der Waals surface area contributed by atoms with E-state index in [1.807, 2.05) is 0 Å². The molecule has 0 aromatic heterocycles. The minimum Gasteiger partial charge on any atom is -0.478 e. The molecule has 6 heteroatoms. The normalized spacial score (nSPS) is 17.9. The first kappa shape index (κ1) is 14.8. The number of halogens is 1. The third-order valence-corrected chi connectivity index (χ3v) is 3.36. The van der Waals surface area contributed by atoms with Crippen LogP contribution in [0.5, 0.6) is 0 Å². The fraction of sp³-hybridized carbons (Fsp3) is 0.429. The SMILES string of the molecule is O=C(CCC1CCCO1)Nc1cc(Cl)cc(C(=O)O)c1. The monoisotopic (exact) mass is 297 g/mol. The van der Waals surface area contributed by atoms with Gasteiger partial charge in [-0.2, -0.15) is 0 Å². The molecule has 1 aliphatic rings. The summed E-state index contributed by atoms with van der Waals surface area (Å²) >= 11 is 5.82. The van der Waals surface area contributed by atoms with Gasteiger partial charge in [0.25, 0.3) is 0 Å². The molecule has 1 unspecified atom stereocenters. The molecule has 1 aliphatic heterocycles. The number of rotatable bonds is 5. The van der Waals surface area contributed by atoms with Crippen LogP contribution in [0.25, 0.3) is 0 Å². The molecule has 1 saturated heterocycles. The molecule has 1 aromatic rings. The van der Waals surface area contributed by atoms with Crippen molar-refractivity contribution in [1.29, 1.82) is 0 Å². The Morgan fingerprint density at radius 1 is 1.40 bits per heavy atom. The van der Waals surface area contributed by atoms with Gasteiger partial charge < -0.3 is 15.2 Å². The summed E-state index contributed by atoms with van der Waals surface area (Å²) in [6.45, 7) is 0.766. The van der Waals surface area contributed by atoms with Crippen molar-refractivity contribution >= 4 is 29.2 Å². The highest BCUT2D eigenvalue weighted by Crippen LogP contribution is 2.20. The van der Waals surface area contributed by atoms with Crippen LogP contribution in [-0.4, -0.2) is 29.7 Å². The summed E-state index contributed by atoms with van der Waals surface area (Å²) in [4.78, 5) is 22.7. The molecule has 1 heterocycles. The molecule has 1 atom stereocenters. The number of nitrogens with one attached hydrogen (secondary N) is 1. The molecule has 0 spiro atoms. The molecule has 0 aliphatic carbocycles. The number of ether oxygens (including phenoxy) is 1. The van der Waals surface area contributed by atoms with Crippen molar-refractivity contribution in [2.24, 2.45) is 0 Å². The van der Waals surface area contributed by atoms with Crippen molar-refractivity contribution in [2.75, 3.05) is 11.9 Å². The van der Waals surface area contributed by atoms with E-state index in [1.165, 1.54) is 18.2 Å². The largest absolute Gasteiger partial charge is 0.478 e. The maximum Gasteiger partial charge on any atom is 0.335 e. The van der Waals surface area contributed by atoms with E-state index in [-0.39, 0.29) is 22.6 Å². The average Bonchev–Trinajstić information content (AvgIpc) is 2.88. The van der Waals surface area contributed by atoms with Gasteiger partial charge in [-0.25, -0.2) is 4.79 Å². The van der Waals surface area contributed by atoms with Crippen molar-refractivity contribution in [3.05, 3.63) is 28.8 Å². The van der Waals surface area contributed by atoms with E-state index in [4.69, 9.17) is 21.4 Å². The molecule has 0 radical (unpaired) electrons. The summed E-state index contributed by atoms with van der Waals surface area (Å²) in [6, 6.07) is 4.25. The second kappa shape index (κ2) is 6.72. The van der Waals surface area contributed by atoms with Crippen LogP contribution in [0.15, 0.2) is 18.2 Å². The van der Waals surface area contributed by atoms with Gasteiger partial charge in [0.05, 0.1) is 11.7 Å². The van der Waals surface area contributed by atoms with Crippen molar-refractivity contribution in [2.45, 2.75) is 31.8 Å². The molecule has 5 nitrogen and oxygen atoms in total. The van der Waals surface area contributed by atoms with Crippen molar-refractivity contribution < 1.29 is 19.4 Å². The highest BCUT2D eigenvalue weighted by atomic mass is 35.5. The summed E-state index contributed by atoms with van der Waals surface area (Å²) in [5.74, 6) is -1.25. The zero-order valence-electron chi connectivity index (χ0n) is 10.9. The lowest BCUT2D eigenvalue weighted by molar-refractivity contribution is -0.116. The van der Waals surface area contributed by atoms with Gasteiger partial charge in [-0.3, -0.25) is 4.79 Å². The first-order valence-corrected chi connectivity index (χ1v) is 6.88. The van der Waals surface area contributed by atoms with Gasteiger partial charge in [0.15, 0.2) is 0 Å². The van der Waals surface area contributed by atoms with E-state index >= 15 is 0 Å². The molecular weight excluding hydrogens is 282 g/mol. The Bertz CT molecular complexity index is 512. The number of hydrogen-bond donors (Lipinski definition) is 2. The van der Waals surface area contributed by atoms with E-state index in [2.05, 4.69) is 5.32 Å². The molecule has 0 bridgehead atoms. The summed E-state index contributed by atoms with van der Waals surface area (Å²) in [6.07, 6.45) is 3.23. The average molecular weight is 298 g/mol. The van der Waals surface area contributed by atoms with Gasteiger partial charge in [-0.05, 0) is 37.5 Å². The zero-order chi connectivity index (χ0) is 14.5. The Hall–Kier alpha value is -1.59. The third kappa shape index (κ3) is 4.21. The van der Waals surface area contributed by atoms with E-state index in [1.54, 1.807) is 0 Å². The van der Waals surface area contributed by atoms with Crippen LogP contribution in [0.4, 0.5) is 5.69 Å². The molecule has 2 N–H and O–H groups in total. The summed E-state index contributed by atoms with van der Waals surface area (Å²) < 4.78 is 5.44. The number of benzene rings is 1. The minimum absolute atomic E-state index is 0.0481. The summed E-state index contributed by atoms with van der Waals surface area (Å²) in [5, 5.41) is 11.9. The van der Waals surface area contributed by atoms with Gasteiger partial charge >= 0.3 is 5.97 Å². The van der Waals surface area contributed by atoms with Crippen molar-refractivity contribution in [3.8, 4) is 0 Å². The number of amides is 1. The molecule has 0 saturated carbocycles. The smallest absolute Gasteiger partial charge is 0.335 e. The third-order valence-electron chi connectivity index (χ3n) is 3.15. The van der Waals surface area contributed by atoms with Crippen LogP contribution < -0.4 is 5.32 Å². The number of hydrogen-bond acceptors (Lipinski definition) is 3. The predicted octanol–water partition coefficient (Wildman–Crippen LogP) is 2.94. The fourth-order valence-corrected chi connectivity index (χ4v) is 2.41. The van der Waals surface area contributed by atoms with E-state index in [0.717, 1.165) is 19.4 Å². The lowest BCUT2D eigenvalue weighted by atomic mass is 10.1. The highest BCUT2D eigenvalue weighted by Gasteiger charge is 2.17. The molecule has 2 rings (SSSR count). The van der Waals surface area contributed by atoms with Crippen LogP contribution in [0, 0.1) is 0 Å². The Morgan fingerprint density at radius 3 is 2.85 bits per heavy atom. The number of carbonyl (C=O) groups excluding carboxylic acids is 1.